The van der Waals surface area contributed by atoms with Crippen LogP contribution in [0.25, 0.3) is 5.69 Å². The molecule has 0 saturated heterocycles. The van der Waals surface area contributed by atoms with Crippen LogP contribution in [0.15, 0.2) is 46.9 Å². The maximum atomic E-state index is 12.4. The van der Waals surface area contributed by atoms with Gasteiger partial charge < -0.3 is 4.74 Å². The Morgan fingerprint density at radius 1 is 1.12 bits per heavy atom. The van der Waals surface area contributed by atoms with Crippen LogP contribution in [0.3, 0.4) is 0 Å². The zero-order valence-corrected chi connectivity index (χ0v) is 15.9. The summed E-state index contributed by atoms with van der Waals surface area (Å²) in [5.41, 5.74) is 4.87. The van der Waals surface area contributed by atoms with E-state index in [1.165, 1.54) is 0 Å². The molecule has 5 nitrogen and oxygen atoms in total. The molecule has 1 aromatic heterocycles. The first kappa shape index (κ1) is 17.4. The molecule has 0 bridgehead atoms. The third-order valence-corrected chi connectivity index (χ3v) is 4.98. The fourth-order valence-electron chi connectivity index (χ4n) is 2.51. The Morgan fingerprint density at radius 3 is 2.60 bits per heavy atom. The lowest BCUT2D eigenvalue weighted by Crippen LogP contribution is -2.09. The van der Waals surface area contributed by atoms with Crippen molar-refractivity contribution < 1.29 is 9.53 Å². The molecule has 0 aliphatic heterocycles. The Kier molecular flexibility index (Phi) is 4.99. The Morgan fingerprint density at radius 2 is 1.88 bits per heavy atom. The number of halogens is 1. The van der Waals surface area contributed by atoms with Gasteiger partial charge in [0.2, 0.25) is 0 Å². The van der Waals surface area contributed by atoms with Crippen LogP contribution in [0.1, 0.15) is 32.9 Å². The van der Waals surface area contributed by atoms with E-state index in [1.807, 2.05) is 63.2 Å². The van der Waals surface area contributed by atoms with Gasteiger partial charge in [0.1, 0.15) is 6.61 Å². The van der Waals surface area contributed by atoms with Crippen LogP contribution in [-0.2, 0) is 11.3 Å². The van der Waals surface area contributed by atoms with E-state index in [9.17, 15) is 4.79 Å². The highest BCUT2D eigenvalue weighted by atomic mass is 79.9. The van der Waals surface area contributed by atoms with Crippen LogP contribution < -0.4 is 0 Å². The molecule has 6 heteroatoms. The molecule has 0 radical (unpaired) electrons. The number of nitrogens with zero attached hydrogens (tertiary/aromatic N) is 3. The lowest BCUT2D eigenvalue weighted by Gasteiger charge is -2.07. The average molecular weight is 400 g/mol. The van der Waals surface area contributed by atoms with E-state index in [1.54, 1.807) is 4.68 Å². The van der Waals surface area contributed by atoms with Gasteiger partial charge in [0.05, 0.1) is 11.4 Å². The van der Waals surface area contributed by atoms with Crippen LogP contribution in [0.4, 0.5) is 0 Å². The average Bonchev–Trinajstić information content (AvgIpc) is 2.98. The molecule has 0 saturated carbocycles. The predicted octanol–water partition coefficient (Wildman–Crippen LogP) is 4.31. The highest BCUT2D eigenvalue weighted by Gasteiger charge is 2.19. The van der Waals surface area contributed by atoms with Crippen molar-refractivity contribution in [2.45, 2.75) is 27.4 Å². The molecular formula is C19H18BrN3O2. The van der Waals surface area contributed by atoms with Crippen molar-refractivity contribution in [2.24, 2.45) is 0 Å². The molecule has 0 aliphatic rings. The van der Waals surface area contributed by atoms with Gasteiger partial charge in [0.15, 0.2) is 5.69 Å². The van der Waals surface area contributed by atoms with Crippen molar-refractivity contribution >= 4 is 21.9 Å². The number of hydrogen-bond acceptors (Lipinski definition) is 4. The van der Waals surface area contributed by atoms with Gasteiger partial charge >= 0.3 is 5.97 Å². The standard InChI is InChI=1S/C19H18BrN3O2/c1-12-6-4-5-7-15(12)11-25-19(24)18-14(3)23(22-21-18)16-8-9-17(20)13(2)10-16/h4-10H,11H2,1-3H3. The third kappa shape index (κ3) is 3.64. The van der Waals surface area contributed by atoms with Crippen molar-refractivity contribution in [1.29, 1.82) is 0 Å². The molecule has 25 heavy (non-hydrogen) atoms. The van der Waals surface area contributed by atoms with Crippen LogP contribution in [0.2, 0.25) is 0 Å². The lowest BCUT2D eigenvalue weighted by atomic mass is 10.1. The van der Waals surface area contributed by atoms with E-state index in [-0.39, 0.29) is 12.3 Å². The zero-order chi connectivity index (χ0) is 18.0. The number of hydrogen-bond donors (Lipinski definition) is 0. The molecule has 0 atom stereocenters. The maximum absolute atomic E-state index is 12.4. The van der Waals surface area contributed by atoms with Gasteiger partial charge in [-0.3, -0.25) is 0 Å². The van der Waals surface area contributed by atoms with E-state index in [4.69, 9.17) is 4.74 Å². The fourth-order valence-corrected chi connectivity index (χ4v) is 2.75. The van der Waals surface area contributed by atoms with Gasteiger partial charge in [0, 0.05) is 4.47 Å². The second-order valence-electron chi connectivity index (χ2n) is 5.87. The Balaban J connectivity index is 1.79. The third-order valence-electron chi connectivity index (χ3n) is 4.09. The van der Waals surface area contributed by atoms with Gasteiger partial charge in [-0.25, -0.2) is 9.48 Å². The SMILES string of the molecule is Cc1cc(-n2nnc(C(=O)OCc3ccccc3C)c2C)ccc1Br. The lowest BCUT2D eigenvalue weighted by molar-refractivity contribution is 0.0464. The molecule has 0 aliphatic carbocycles. The Labute approximate surface area is 154 Å². The summed E-state index contributed by atoms with van der Waals surface area (Å²) in [4.78, 5) is 12.4. The van der Waals surface area contributed by atoms with E-state index < -0.39 is 5.97 Å². The normalized spacial score (nSPS) is 10.7. The molecule has 1 heterocycles. The highest BCUT2D eigenvalue weighted by Crippen LogP contribution is 2.21. The van der Waals surface area contributed by atoms with Crippen molar-refractivity contribution in [3.63, 3.8) is 0 Å². The van der Waals surface area contributed by atoms with Gasteiger partial charge in [-0.15, -0.1) is 5.10 Å². The summed E-state index contributed by atoms with van der Waals surface area (Å²) >= 11 is 3.48. The van der Waals surface area contributed by atoms with Gasteiger partial charge in [0.25, 0.3) is 0 Å². The first-order valence-electron chi connectivity index (χ1n) is 7.88. The molecule has 0 unspecified atom stereocenters. The van der Waals surface area contributed by atoms with E-state index in [0.717, 1.165) is 26.9 Å². The molecule has 0 fully saturated rings. The highest BCUT2D eigenvalue weighted by molar-refractivity contribution is 9.10. The Bertz CT molecular complexity index is 934. The summed E-state index contributed by atoms with van der Waals surface area (Å²) in [6.07, 6.45) is 0. The van der Waals surface area contributed by atoms with Crippen LogP contribution in [0, 0.1) is 20.8 Å². The summed E-state index contributed by atoms with van der Waals surface area (Å²) in [5, 5.41) is 8.11. The molecule has 2 aromatic carbocycles. The monoisotopic (exact) mass is 399 g/mol. The molecule has 0 N–H and O–H groups in total. The van der Waals surface area contributed by atoms with Gasteiger partial charge in [-0.1, -0.05) is 45.4 Å². The van der Waals surface area contributed by atoms with Gasteiger partial charge in [-0.2, -0.15) is 0 Å². The predicted molar refractivity (Wildman–Crippen MR) is 98.8 cm³/mol. The minimum atomic E-state index is -0.471. The van der Waals surface area contributed by atoms with Crippen molar-refractivity contribution in [2.75, 3.05) is 0 Å². The quantitative estimate of drug-likeness (QED) is 0.613. The molecule has 3 aromatic rings. The van der Waals surface area contributed by atoms with E-state index in [2.05, 4.69) is 26.2 Å². The maximum Gasteiger partial charge on any atom is 0.361 e. The number of aromatic nitrogens is 3. The van der Waals surface area contributed by atoms with Crippen LogP contribution in [0.5, 0.6) is 0 Å². The summed E-state index contributed by atoms with van der Waals surface area (Å²) in [6.45, 7) is 6.01. The molecule has 128 valence electrons. The van der Waals surface area contributed by atoms with Gasteiger partial charge in [-0.05, 0) is 55.7 Å². The Hall–Kier alpha value is -2.47. The number of aryl methyl sites for hydroxylation is 2. The molecular weight excluding hydrogens is 382 g/mol. The number of esters is 1. The zero-order valence-electron chi connectivity index (χ0n) is 14.3. The number of carbonyl (C=O) groups excluding carboxylic acids is 1. The summed E-state index contributed by atoms with van der Waals surface area (Å²) in [6, 6.07) is 13.7. The number of benzene rings is 2. The molecule has 3 rings (SSSR count). The number of carbonyl (C=O) groups is 1. The fraction of sp³-hybridized carbons (Fsp3) is 0.211. The summed E-state index contributed by atoms with van der Waals surface area (Å²) in [7, 11) is 0. The molecule has 0 spiro atoms. The number of ether oxygens (including phenoxy) is 1. The first-order chi connectivity index (χ1) is 12.0. The minimum absolute atomic E-state index is 0.217. The van der Waals surface area contributed by atoms with Crippen molar-refractivity contribution in [3.05, 3.63) is 75.0 Å². The van der Waals surface area contributed by atoms with Crippen LogP contribution >= 0.6 is 15.9 Å². The van der Waals surface area contributed by atoms with Crippen molar-refractivity contribution in [3.8, 4) is 5.69 Å². The van der Waals surface area contributed by atoms with Crippen LogP contribution in [-0.4, -0.2) is 21.0 Å². The number of rotatable bonds is 4. The smallest absolute Gasteiger partial charge is 0.361 e. The van der Waals surface area contributed by atoms with E-state index in [0.29, 0.717) is 5.69 Å². The summed E-state index contributed by atoms with van der Waals surface area (Å²) < 4.78 is 8.07. The minimum Gasteiger partial charge on any atom is -0.456 e. The second-order valence-corrected chi connectivity index (χ2v) is 6.73. The largest absolute Gasteiger partial charge is 0.456 e. The second kappa shape index (κ2) is 7.19. The first-order valence-corrected chi connectivity index (χ1v) is 8.67. The van der Waals surface area contributed by atoms with E-state index >= 15 is 0 Å². The summed E-state index contributed by atoms with van der Waals surface area (Å²) in [5.74, 6) is -0.471. The van der Waals surface area contributed by atoms with Crippen molar-refractivity contribution in [1.82, 2.24) is 15.0 Å². The molecule has 0 amide bonds. The topological polar surface area (TPSA) is 57.0 Å².